The first kappa shape index (κ1) is 22.3. The van der Waals surface area contributed by atoms with Crippen molar-refractivity contribution in [3.63, 3.8) is 0 Å². The van der Waals surface area contributed by atoms with E-state index in [0.717, 1.165) is 38.5 Å². The molecule has 0 radical (unpaired) electrons. The number of aliphatic hydroxyl groups is 1. The van der Waals surface area contributed by atoms with Crippen molar-refractivity contribution in [2.75, 3.05) is 6.61 Å². The third-order valence-corrected chi connectivity index (χ3v) is 3.61. The van der Waals surface area contributed by atoms with E-state index in [1.165, 1.54) is 6.42 Å². The monoisotopic (exact) mass is 341 g/mol. The summed E-state index contributed by atoms with van der Waals surface area (Å²) in [6, 6.07) is -1.14. The van der Waals surface area contributed by atoms with Crippen LogP contribution in [-0.4, -0.2) is 40.5 Å². The van der Waals surface area contributed by atoms with Crippen LogP contribution in [0.1, 0.15) is 71.1 Å². The highest BCUT2D eigenvalue weighted by atomic mass is 16.4. The summed E-state index contributed by atoms with van der Waals surface area (Å²) < 4.78 is 0. The quantitative estimate of drug-likeness (QED) is 0.241. The number of nitrogens with one attached hydrogen (secondary N) is 1. The fraction of sp³-hybridized carbons (Fsp3) is 0.722. The van der Waals surface area contributed by atoms with Gasteiger partial charge in [-0.2, -0.15) is 0 Å². The van der Waals surface area contributed by atoms with Crippen molar-refractivity contribution in [2.45, 2.75) is 77.2 Å². The third-order valence-electron chi connectivity index (χ3n) is 3.61. The molecule has 24 heavy (non-hydrogen) atoms. The number of carbonyl (C=O) groups is 3. The van der Waals surface area contributed by atoms with Gasteiger partial charge in [0.05, 0.1) is 6.42 Å². The Morgan fingerprint density at radius 1 is 1.04 bits per heavy atom. The van der Waals surface area contributed by atoms with Crippen molar-refractivity contribution in [3.8, 4) is 0 Å². The molecule has 0 saturated carbocycles. The van der Waals surface area contributed by atoms with E-state index < -0.39 is 17.9 Å². The predicted octanol–water partition coefficient (Wildman–Crippen LogP) is 2.59. The van der Waals surface area contributed by atoms with Gasteiger partial charge in [0.2, 0.25) is 5.91 Å². The van der Waals surface area contributed by atoms with Gasteiger partial charge >= 0.3 is 5.97 Å². The van der Waals surface area contributed by atoms with Crippen LogP contribution in [0.3, 0.4) is 0 Å². The molecule has 0 heterocycles. The first-order valence-electron chi connectivity index (χ1n) is 8.81. The summed E-state index contributed by atoms with van der Waals surface area (Å²) in [5.41, 5.74) is 0. The van der Waals surface area contributed by atoms with Gasteiger partial charge in [-0.3, -0.25) is 9.59 Å². The van der Waals surface area contributed by atoms with Gasteiger partial charge in [0.25, 0.3) is 0 Å². The number of allylic oxidation sites excluding steroid dienone is 2. The molecule has 0 bridgehead atoms. The molecular weight excluding hydrogens is 310 g/mol. The molecule has 6 nitrogen and oxygen atoms in total. The topological polar surface area (TPSA) is 104 Å². The minimum absolute atomic E-state index is 0.0675. The lowest BCUT2D eigenvalue weighted by Gasteiger charge is -2.12. The highest BCUT2D eigenvalue weighted by molar-refractivity contribution is 5.99. The molecule has 0 rings (SSSR count). The van der Waals surface area contributed by atoms with E-state index in [4.69, 9.17) is 10.2 Å². The SMILES string of the molecule is CCCC=CCCCCCCC(=O)CC(=O)N[C@@H](CCO)C(=O)O. The molecule has 1 amide bonds. The number of carboxylic acids is 1. The molecule has 0 aliphatic heterocycles. The number of amides is 1. The van der Waals surface area contributed by atoms with Gasteiger partial charge in [-0.05, 0) is 25.7 Å². The average Bonchev–Trinajstić information content (AvgIpc) is 2.52. The van der Waals surface area contributed by atoms with Crippen molar-refractivity contribution in [3.05, 3.63) is 12.2 Å². The molecule has 1 atom stereocenters. The highest BCUT2D eigenvalue weighted by Gasteiger charge is 2.20. The minimum atomic E-state index is -1.21. The average molecular weight is 341 g/mol. The number of ketones is 1. The summed E-state index contributed by atoms with van der Waals surface area (Å²) in [5.74, 6) is -1.98. The molecule has 138 valence electrons. The van der Waals surface area contributed by atoms with Gasteiger partial charge < -0.3 is 15.5 Å². The third kappa shape index (κ3) is 12.8. The molecule has 3 N–H and O–H groups in total. The van der Waals surface area contributed by atoms with E-state index in [1.54, 1.807) is 0 Å². The summed E-state index contributed by atoms with van der Waals surface area (Å²) in [6.07, 6.45) is 11.6. The maximum Gasteiger partial charge on any atom is 0.326 e. The van der Waals surface area contributed by atoms with E-state index in [1.807, 2.05) is 0 Å². The molecular formula is C18H31NO5. The van der Waals surface area contributed by atoms with E-state index in [2.05, 4.69) is 24.4 Å². The molecule has 0 aromatic carbocycles. The zero-order valence-electron chi connectivity index (χ0n) is 14.6. The van der Waals surface area contributed by atoms with Gasteiger partial charge in [0.15, 0.2) is 0 Å². The molecule has 0 fully saturated rings. The molecule has 0 saturated heterocycles. The first-order valence-corrected chi connectivity index (χ1v) is 8.81. The predicted molar refractivity (Wildman–Crippen MR) is 92.6 cm³/mol. The van der Waals surface area contributed by atoms with Crippen LogP contribution in [0.15, 0.2) is 12.2 Å². The van der Waals surface area contributed by atoms with Crippen LogP contribution < -0.4 is 5.32 Å². The van der Waals surface area contributed by atoms with Crippen LogP contribution in [0.5, 0.6) is 0 Å². The maximum absolute atomic E-state index is 11.7. The Morgan fingerprint density at radius 3 is 2.33 bits per heavy atom. The van der Waals surface area contributed by atoms with Crippen molar-refractivity contribution < 1.29 is 24.6 Å². The van der Waals surface area contributed by atoms with Crippen LogP contribution in [0.25, 0.3) is 0 Å². The lowest BCUT2D eigenvalue weighted by atomic mass is 10.1. The summed E-state index contributed by atoms with van der Waals surface area (Å²) >= 11 is 0. The van der Waals surface area contributed by atoms with Crippen LogP contribution in [0.2, 0.25) is 0 Å². The number of hydrogen-bond acceptors (Lipinski definition) is 4. The van der Waals surface area contributed by atoms with Gasteiger partial charge in [-0.15, -0.1) is 0 Å². The van der Waals surface area contributed by atoms with Crippen molar-refractivity contribution >= 4 is 17.7 Å². The second kappa shape index (κ2) is 14.9. The zero-order chi connectivity index (χ0) is 18.2. The van der Waals surface area contributed by atoms with Gasteiger partial charge in [0.1, 0.15) is 11.8 Å². The normalized spacial score (nSPS) is 12.2. The van der Waals surface area contributed by atoms with E-state index in [0.29, 0.717) is 6.42 Å². The number of aliphatic hydroxyl groups excluding tert-OH is 1. The summed E-state index contributed by atoms with van der Waals surface area (Å²) in [4.78, 5) is 34.2. The van der Waals surface area contributed by atoms with Crippen LogP contribution in [0, 0.1) is 0 Å². The molecule has 0 aliphatic rings. The van der Waals surface area contributed by atoms with Crippen LogP contribution in [-0.2, 0) is 14.4 Å². The molecule has 0 spiro atoms. The van der Waals surface area contributed by atoms with E-state index >= 15 is 0 Å². The number of rotatable bonds is 15. The number of hydrogen-bond donors (Lipinski definition) is 3. The van der Waals surface area contributed by atoms with Crippen LogP contribution in [0.4, 0.5) is 0 Å². The molecule has 0 aromatic rings. The largest absolute Gasteiger partial charge is 0.480 e. The standard InChI is InChI=1S/C18H31NO5/c1-2-3-4-5-6-7-8-9-10-11-15(21)14-17(22)19-16(12-13-20)18(23)24/h4-5,16,20H,2-3,6-14H2,1H3,(H,19,22)(H,23,24)/t16-/m0/s1. The number of aliphatic carboxylic acids is 1. The van der Waals surface area contributed by atoms with Crippen molar-refractivity contribution in [1.29, 1.82) is 0 Å². The Balaban J connectivity index is 3.74. The van der Waals surface area contributed by atoms with Gasteiger partial charge in [-0.25, -0.2) is 4.79 Å². The number of carboxylic acid groups (broad SMARTS) is 1. The fourth-order valence-electron chi connectivity index (χ4n) is 2.24. The van der Waals surface area contributed by atoms with E-state index in [9.17, 15) is 14.4 Å². The molecule has 0 aliphatic carbocycles. The van der Waals surface area contributed by atoms with Gasteiger partial charge in [0, 0.05) is 19.4 Å². The Labute approximate surface area is 144 Å². The van der Waals surface area contributed by atoms with Crippen molar-refractivity contribution in [1.82, 2.24) is 5.32 Å². The maximum atomic E-state index is 11.7. The first-order chi connectivity index (χ1) is 11.5. The summed E-state index contributed by atoms with van der Waals surface area (Å²) in [7, 11) is 0. The number of carbonyl (C=O) groups excluding carboxylic acids is 2. The van der Waals surface area contributed by atoms with Crippen molar-refractivity contribution in [2.24, 2.45) is 0 Å². The minimum Gasteiger partial charge on any atom is -0.480 e. The molecule has 0 unspecified atom stereocenters. The Hall–Kier alpha value is -1.69. The Bertz CT molecular complexity index is 406. The lowest BCUT2D eigenvalue weighted by molar-refractivity contribution is -0.143. The fourth-order valence-corrected chi connectivity index (χ4v) is 2.24. The second-order valence-electron chi connectivity index (χ2n) is 5.90. The smallest absolute Gasteiger partial charge is 0.326 e. The number of unbranched alkanes of at least 4 members (excludes halogenated alkanes) is 5. The molecule has 6 heteroatoms. The van der Waals surface area contributed by atoms with Gasteiger partial charge in [-0.1, -0.05) is 38.3 Å². The lowest BCUT2D eigenvalue weighted by Crippen LogP contribution is -2.42. The van der Waals surface area contributed by atoms with Crippen LogP contribution >= 0.6 is 0 Å². The Kier molecular flexibility index (Phi) is 13.8. The zero-order valence-corrected chi connectivity index (χ0v) is 14.6. The number of Topliss-reactive ketones (excluding diaryl/α,β-unsaturated/α-hetero) is 1. The summed E-state index contributed by atoms with van der Waals surface area (Å²) in [5, 5.41) is 19.9. The van der Waals surface area contributed by atoms with E-state index in [-0.39, 0.29) is 25.2 Å². The Morgan fingerprint density at radius 2 is 1.71 bits per heavy atom. The highest BCUT2D eigenvalue weighted by Crippen LogP contribution is 2.08. The second-order valence-corrected chi connectivity index (χ2v) is 5.90. The molecule has 0 aromatic heterocycles. The summed E-state index contributed by atoms with van der Waals surface area (Å²) in [6.45, 7) is 1.81.